The van der Waals surface area contributed by atoms with E-state index in [2.05, 4.69) is 14.7 Å². The number of hydrogen-bond donors (Lipinski definition) is 1. The van der Waals surface area contributed by atoms with Crippen molar-refractivity contribution < 1.29 is 24.3 Å². The van der Waals surface area contributed by atoms with Gasteiger partial charge in [0.25, 0.3) is 11.6 Å². The average molecular weight is 319 g/mol. The van der Waals surface area contributed by atoms with Gasteiger partial charge in [-0.1, -0.05) is 12.1 Å². The molecule has 0 spiro atoms. The van der Waals surface area contributed by atoms with Crippen LogP contribution in [-0.4, -0.2) is 32.8 Å². The highest BCUT2D eigenvalue weighted by Gasteiger charge is 2.16. The van der Waals surface area contributed by atoms with Gasteiger partial charge in [-0.2, -0.15) is 4.98 Å². The number of benzene rings is 1. The Bertz CT molecular complexity index is 762. The van der Waals surface area contributed by atoms with Crippen LogP contribution in [0.4, 0.5) is 10.5 Å². The molecule has 0 saturated heterocycles. The fraction of sp³-hybridized carbons (Fsp3) is 0.214. The Morgan fingerprint density at radius 2 is 2.17 bits per heavy atom. The van der Waals surface area contributed by atoms with Crippen molar-refractivity contribution in [3.63, 3.8) is 0 Å². The molecule has 2 rings (SSSR count). The maximum atomic E-state index is 11.2. The molecule has 0 saturated carbocycles. The molecular formula is C14H13N3O6. The van der Waals surface area contributed by atoms with Gasteiger partial charge < -0.3 is 14.6 Å². The Balaban J connectivity index is 2.32. The number of hydrogen-bond acceptors (Lipinski definition) is 8. The van der Waals surface area contributed by atoms with Crippen LogP contribution in [0.2, 0.25) is 0 Å². The van der Waals surface area contributed by atoms with Crippen LogP contribution >= 0.6 is 0 Å². The van der Waals surface area contributed by atoms with Crippen LogP contribution in [0.15, 0.2) is 24.4 Å². The molecular weight excluding hydrogens is 306 g/mol. The van der Waals surface area contributed by atoms with Gasteiger partial charge in [0.05, 0.1) is 17.7 Å². The Kier molecular flexibility index (Phi) is 4.69. The first-order valence-corrected chi connectivity index (χ1v) is 6.58. The smallest absolute Gasteiger partial charge is 0.491 e. The number of carbonyl (C=O) groups is 1. The van der Waals surface area contributed by atoms with E-state index in [1.165, 1.54) is 6.07 Å². The van der Waals surface area contributed by atoms with Crippen molar-refractivity contribution in [1.29, 1.82) is 0 Å². The maximum absolute atomic E-state index is 11.2. The number of aromatic hydroxyl groups is 1. The zero-order chi connectivity index (χ0) is 17.0. The van der Waals surface area contributed by atoms with Crippen LogP contribution < -0.4 is 4.74 Å². The lowest BCUT2D eigenvalue weighted by atomic mass is 10.1. The standard InChI is InChI=1S/C14H13N3O6/c1-3-22-14(19)23-11-7-15-12(16-13(11)18)9-5-4-8(2)10(6-9)17(20)21/h4-7H,3H2,1-2H3,(H,15,16,18). The Morgan fingerprint density at radius 3 is 2.78 bits per heavy atom. The minimum absolute atomic E-state index is 0.0572. The molecule has 0 bridgehead atoms. The van der Waals surface area contributed by atoms with E-state index in [4.69, 9.17) is 4.74 Å². The number of nitro benzene ring substituents is 1. The van der Waals surface area contributed by atoms with Gasteiger partial charge in [0.15, 0.2) is 5.82 Å². The molecule has 0 atom stereocenters. The average Bonchev–Trinajstić information content (AvgIpc) is 2.50. The summed E-state index contributed by atoms with van der Waals surface area (Å²) in [7, 11) is 0. The summed E-state index contributed by atoms with van der Waals surface area (Å²) in [5.74, 6) is -0.790. The summed E-state index contributed by atoms with van der Waals surface area (Å²) in [6.45, 7) is 3.33. The third kappa shape index (κ3) is 3.70. The lowest BCUT2D eigenvalue weighted by molar-refractivity contribution is -0.385. The lowest BCUT2D eigenvalue weighted by Crippen LogP contribution is -2.10. The van der Waals surface area contributed by atoms with Gasteiger partial charge >= 0.3 is 6.16 Å². The molecule has 23 heavy (non-hydrogen) atoms. The highest BCUT2D eigenvalue weighted by Crippen LogP contribution is 2.29. The van der Waals surface area contributed by atoms with Crippen LogP contribution in [0.3, 0.4) is 0 Å². The molecule has 9 nitrogen and oxygen atoms in total. The largest absolute Gasteiger partial charge is 0.514 e. The number of aryl methyl sites for hydroxylation is 1. The topological polar surface area (TPSA) is 125 Å². The van der Waals surface area contributed by atoms with Gasteiger partial charge in [0.1, 0.15) is 0 Å². The van der Waals surface area contributed by atoms with Gasteiger partial charge in [-0.15, -0.1) is 0 Å². The van der Waals surface area contributed by atoms with Crippen LogP contribution in [0.25, 0.3) is 11.4 Å². The van der Waals surface area contributed by atoms with Crippen LogP contribution in [-0.2, 0) is 4.74 Å². The van der Waals surface area contributed by atoms with Gasteiger partial charge in [0.2, 0.25) is 5.75 Å². The number of ether oxygens (including phenoxy) is 2. The zero-order valence-corrected chi connectivity index (χ0v) is 12.3. The van der Waals surface area contributed by atoms with Crippen molar-refractivity contribution in [2.75, 3.05) is 6.61 Å². The van der Waals surface area contributed by atoms with E-state index in [9.17, 15) is 20.0 Å². The predicted molar refractivity (Wildman–Crippen MR) is 78.2 cm³/mol. The van der Waals surface area contributed by atoms with Gasteiger partial charge in [0, 0.05) is 17.2 Å². The molecule has 0 unspecified atom stereocenters. The second-order valence-corrected chi connectivity index (χ2v) is 4.42. The number of nitrogens with zero attached hydrogens (tertiary/aromatic N) is 3. The molecule has 1 aromatic carbocycles. The molecule has 2 aromatic rings. The molecule has 0 aliphatic carbocycles. The van der Waals surface area contributed by atoms with E-state index in [1.807, 2.05) is 0 Å². The van der Waals surface area contributed by atoms with Crippen molar-refractivity contribution in [1.82, 2.24) is 9.97 Å². The minimum atomic E-state index is -0.995. The Labute approximate surface area is 130 Å². The van der Waals surface area contributed by atoms with E-state index >= 15 is 0 Å². The highest BCUT2D eigenvalue weighted by molar-refractivity contribution is 5.66. The van der Waals surface area contributed by atoms with Crippen molar-refractivity contribution in [3.8, 4) is 23.0 Å². The number of carbonyl (C=O) groups excluding carboxylic acids is 1. The summed E-state index contributed by atoms with van der Waals surface area (Å²) in [5, 5.41) is 20.7. The molecule has 0 amide bonds. The lowest BCUT2D eigenvalue weighted by Gasteiger charge is -2.07. The molecule has 0 fully saturated rings. The number of nitro groups is 1. The van der Waals surface area contributed by atoms with Crippen molar-refractivity contribution >= 4 is 11.8 Å². The minimum Gasteiger partial charge on any atom is -0.491 e. The van der Waals surface area contributed by atoms with Crippen molar-refractivity contribution in [2.45, 2.75) is 13.8 Å². The molecule has 0 aliphatic rings. The van der Waals surface area contributed by atoms with Crippen LogP contribution in [0.1, 0.15) is 12.5 Å². The summed E-state index contributed by atoms with van der Waals surface area (Å²) in [4.78, 5) is 29.3. The summed E-state index contributed by atoms with van der Waals surface area (Å²) in [5.41, 5.74) is 0.753. The molecule has 1 heterocycles. The van der Waals surface area contributed by atoms with Crippen LogP contribution in [0, 0.1) is 17.0 Å². The third-order valence-corrected chi connectivity index (χ3v) is 2.86. The Hall–Kier alpha value is -3.23. The first-order valence-electron chi connectivity index (χ1n) is 6.58. The molecule has 0 radical (unpaired) electrons. The SMILES string of the molecule is CCOC(=O)Oc1cnc(-c2ccc(C)c([N+](=O)[O-])c2)nc1O. The second-order valence-electron chi connectivity index (χ2n) is 4.42. The molecule has 0 aliphatic heterocycles. The van der Waals surface area contributed by atoms with Gasteiger partial charge in [-0.25, -0.2) is 9.78 Å². The van der Waals surface area contributed by atoms with E-state index in [0.29, 0.717) is 11.1 Å². The summed E-state index contributed by atoms with van der Waals surface area (Å²) in [6.07, 6.45) is 0.0884. The maximum Gasteiger partial charge on any atom is 0.514 e. The van der Waals surface area contributed by atoms with Gasteiger partial charge in [-0.05, 0) is 13.8 Å². The fourth-order valence-corrected chi connectivity index (χ4v) is 1.76. The van der Waals surface area contributed by atoms with Crippen molar-refractivity contribution in [2.24, 2.45) is 0 Å². The van der Waals surface area contributed by atoms with E-state index in [1.54, 1.807) is 26.0 Å². The first-order chi connectivity index (χ1) is 10.9. The predicted octanol–water partition coefficient (Wildman–Crippen LogP) is 2.60. The quantitative estimate of drug-likeness (QED) is 0.518. The monoisotopic (exact) mass is 319 g/mol. The number of rotatable bonds is 4. The summed E-state index contributed by atoms with van der Waals surface area (Å²) in [6, 6.07) is 4.44. The van der Waals surface area contributed by atoms with E-state index < -0.39 is 17.0 Å². The molecule has 1 aromatic heterocycles. The van der Waals surface area contributed by atoms with Crippen LogP contribution in [0.5, 0.6) is 11.6 Å². The Morgan fingerprint density at radius 1 is 1.43 bits per heavy atom. The highest BCUT2D eigenvalue weighted by atomic mass is 16.7. The van der Waals surface area contributed by atoms with Gasteiger partial charge in [-0.3, -0.25) is 10.1 Å². The summed E-state index contributed by atoms with van der Waals surface area (Å²) < 4.78 is 9.28. The second kappa shape index (κ2) is 6.69. The molecule has 9 heteroatoms. The fourth-order valence-electron chi connectivity index (χ4n) is 1.76. The number of aromatic nitrogens is 2. The van der Waals surface area contributed by atoms with Crippen molar-refractivity contribution in [3.05, 3.63) is 40.1 Å². The normalized spacial score (nSPS) is 10.2. The third-order valence-electron chi connectivity index (χ3n) is 2.86. The molecule has 120 valence electrons. The molecule has 1 N–H and O–H groups in total. The van der Waals surface area contributed by atoms with E-state index in [0.717, 1.165) is 6.20 Å². The van der Waals surface area contributed by atoms with E-state index in [-0.39, 0.29) is 23.9 Å². The first kappa shape index (κ1) is 16.1. The summed E-state index contributed by atoms with van der Waals surface area (Å²) >= 11 is 0. The zero-order valence-electron chi connectivity index (χ0n) is 12.3.